The molecule has 1 amide bonds. The molecule has 0 unspecified atom stereocenters. The number of aromatic nitrogens is 3. The van der Waals surface area contributed by atoms with Gasteiger partial charge >= 0.3 is 0 Å². The minimum Gasteiger partial charge on any atom is -0.398 e. The van der Waals surface area contributed by atoms with E-state index in [1.54, 1.807) is 12.3 Å². The first kappa shape index (κ1) is 13.1. The number of carbonyl (C=O) groups excluding carboxylic acids is 1. The molecule has 0 aliphatic heterocycles. The normalized spacial score (nSPS) is 10.4. The Labute approximate surface area is 111 Å². The Bertz CT molecular complexity index is 590. The zero-order chi connectivity index (χ0) is 13.8. The number of pyridine rings is 1. The molecule has 6 nitrogen and oxygen atoms in total. The summed E-state index contributed by atoms with van der Waals surface area (Å²) >= 11 is 0. The van der Waals surface area contributed by atoms with Crippen molar-refractivity contribution in [1.29, 1.82) is 0 Å². The maximum Gasteiger partial charge on any atom is 0.254 e. The summed E-state index contributed by atoms with van der Waals surface area (Å²) < 4.78 is 1.92. The third kappa shape index (κ3) is 3.09. The fourth-order valence-electron chi connectivity index (χ4n) is 1.79. The Morgan fingerprint density at radius 2 is 2.26 bits per heavy atom. The molecular weight excluding hydrogens is 242 g/mol. The van der Waals surface area contributed by atoms with Crippen LogP contribution in [-0.4, -0.2) is 27.0 Å². The summed E-state index contributed by atoms with van der Waals surface area (Å²) in [5, 5.41) is 2.81. The van der Waals surface area contributed by atoms with Crippen LogP contribution in [0.4, 0.5) is 5.69 Å². The van der Waals surface area contributed by atoms with Gasteiger partial charge in [0.2, 0.25) is 0 Å². The predicted octanol–water partition coefficient (Wildman–Crippen LogP) is 0.678. The first-order valence-electron chi connectivity index (χ1n) is 6.04. The quantitative estimate of drug-likeness (QED) is 0.845. The second-order valence-electron chi connectivity index (χ2n) is 4.37. The van der Waals surface area contributed by atoms with Crippen molar-refractivity contribution < 1.29 is 4.79 Å². The fraction of sp³-hybridized carbons (Fsp3) is 0.308. The average Bonchev–Trinajstić information content (AvgIpc) is 2.75. The van der Waals surface area contributed by atoms with Crippen LogP contribution in [0.15, 0.2) is 24.7 Å². The van der Waals surface area contributed by atoms with Crippen LogP contribution in [0.3, 0.4) is 0 Å². The molecule has 0 fully saturated rings. The van der Waals surface area contributed by atoms with Crippen molar-refractivity contribution in [3.8, 4) is 0 Å². The second-order valence-corrected chi connectivity index (χ2v) is 4.37. The van der Waals surface area contributed by atoms with Crippen LogP contribution in [-0.2, 0) is 13.5 Å². The Morgan fingerprint density at radius 3 is 2.89 bits per heavy atom. The van der Waals surface area contributed by atoms with Gasteiger partial charge in [0.15, 0.2) is 0 Å². The molecule has 0 aliphatic rings. The summed E-state index contributed by atoms with van der Waals surface area (Å²) in [6.07, 6.45) is 5.78. The number of nitrogen functional groups attached to an aromatic ring is 1. The Balaban J connectivity index is 1.93. The maximum absolute atomic E-state index is 11.9. The number of imidazole rings is 1. The number of hydrogen-bond acceptors (Lipinski definition) is 4. The first-order chi connectivity index (χ1) is 9.08. The molecule has 2 rings (SSSR count). The van der Waals surface area contributed by atoms with Gasteiger partial charge in [-0.3, -0.25) is 9.78 Å². The second kappa shape index (κ2) is 5.51. The van der Waals surface area contributed by atoms with Crippen LogP contribution in [0.5, 0.6) is 0 Å². The van der Waals surface area contributed by atoms with Gasteiger partial charge in [-0.05, 0) is 13.0 Å². The molecule has 0 radical (unpaired) electrons. The van der Waals surface area contributed by atoms with E-state index in [2.05, 4.69) is 15.3 Å². The van der Waals surface area contributed by atoms with Crippen molar-refractivity contribution >= 4 is 11.6 Å². The van der Waals surface area contributed by atoms with Crippen molar-refractivity contribution in [1.82, 2.24) is 19.9 Å². The van der Waals surface area contributed by atoms with E-state index >= 15 is 0 Å². The highest BCUT2D eigenvalue weighted by Crippen LogP contribution is 2.10. The van der Waals surface area contributed by atoms with Crippen molar-refractivity contribution in [3.63, 3.8) is 0 Å². The van der Waals surface area contributed by atoms with E-state index < -0.39 is 0 Å². The third-order valence-electron chi connectivity index (χ3n) is 2.87. The number of nitrogens with two attached hydrogens (primary N) is 1. The number of amides is 1. The molecule has 2 aromatic heterocycles. The lowest BCUT2D eigenvalue weighted by atomic mass is 10.2. The summed E-state index contributed by atoms with van der Waals surface area (Å²) in [5.74, 6) is 0.717. The smallest absolute Gasteiger partial charge is 0.254 e. The molecule has 0 bridgehead atoms. The van der Waals surface area contributed by atoms with Crippen molar-refractivity contribution in [2.45, 2.75) is 13.3 Å². The van der Waals surface area contributed by atoms with E-state index in [1.807, 2.05) is 24.7 Å². The standard InChI is InChI=1S/C13H17N5O/c1-9-7-11(14)10(8-17-9)13(19)16-4-3-12-15-5-6-18(12)2/h5-8H,3-4H2,1-2H3,(H2,14,17)(H,16,19). The monoisotopic (exact) mass is 259 g/mol. The lowest BCUT2D eigenvalue weighted by Gasteiger charge is -2.07. The average molecular weight is 259 g/mol. The first-order valence-corrected chi connectivity index (χ1v) is 6.04. The zero-order valence-electron chi connectivity index (χ0n) is 11.1. The van der Waals surface area contributed by atoms with Crippen LogP contribution in [0.1, 0.15) is 21.9 Å². The molecular formula is C13H17N5O. The van der Waals surface area contributed by atoms with Gasteiger partial charge in [-0.2, -0.15) is 0 Å². The number of anilines is 1. The molecule has 19 heavy (non-hydrogen) atoms. The largest absolute Gasteiger partial charge is 0.398 e. The molecule has 0 aromatic carbocycles. The topological polar surface area (TPSA) is 85.8 Å². The number of carbonyl (C=O) groups is 1. The Morgan fingerprint density at radius 1 is 1.47 bits per heavy atom. The van der Waals surface area contributed by atoms with Crippen molar-refractivity contribution in [2.75, 3.05) is 12.3 Å². The van der Waals surface area contributed by atoms with Gasteiger partial charge < -0.3 is 15.6 Å². The van der Waals surface area contributed by atoms with Gasteiger partial charge in [0.1, 0.15) is 5.82 Å². The summed E-state index contributed by atoms with van der Waals surface area (Å²) in [5.41, 5.74) is 7.44. The highest BCUT2D eigenvalue weighted by Gasteiger charge is 2.10. The number of nitrogens with one attached hydrogen (secondary N) is 1. The van der Waals surface area contributed by atoms with Crippen LogP contribution in [0, 0.1) is 6.92 Å². The van der Waals surface area contributed by atoms with Gasteiger partial charge in [-0.25, -0.2) is 4.98 Å². The molecule has 6 heteroatoms. The lowest BCUT2D eigenvalue weighted by Crippen LogP contribution is -2.27. The summed E-state index contributed by atoms with van der Waals surface area (Å²) in [6, 6.07) is 1.69. The fourth-order valence-corrected chi connectivity index (χ4v) is 1.79. The van der Waals surface area contributed by atoms with E-state index in [9.17, 15) is 4.79 Å². The number of aryl methyl sites for hydroxylation is 2. The third-order valence-corrected chi connectivity index (χ3v) is 2.87. The van der Waals surface area contributed by atoms with Crippen LogP contribution in [0.25, 0.3) is 0 Å². The van der Waals surface area contributed by atoms with Crippen LogP contribution < -0.4 is 11.1 Å². The zero-order valence-corrected chi connectivity index (χ0v) is 11.1. The summed E-state index contributed by atoms with van der Waals surface area (Å²) in [6.45, 7) is 2.34. The van der Waals surface area contributed by atoms with Gasteiger partial charge in [0.05, 0.1) is 5.56 Å². The molecule has 2 heterocycles. The van der Waals surface area contributed by atoms with E-state index in [4.69, 9.17) is 5.73 Å². The molecule has 0 atom stereocenters. The maximum atomic E-state index is 11.9. The molecule has 0 spiro atoms. The molecule has 0 saturated heterocycles. The van der Waals surface area contributed by atoms with Gasteiger partial charge in [-0.1, -0.05) is 0 Å². The Kier molecular flexibility index (Phi) is 3.79. The van der Waals surface area contributed by atoms with Crippen LogP contribution >= 0.6 is 0 Å². The Hall–Kier alpha value is -2.37. The number of nitrogens with zero attached hydrogens (tertiary/aromatic N) is 3. The minimum absolute atomic E-state index is 0.209. The molecule has 0 saturated carbocycles. The van der Waals surface area contributed by atoms with E-state index in [-0.39, 0.29) is 5.91 Å². The van der Waals surface area contributed by atoms with E-state index in [1.165, 1.54) is 6.20 Å². The molecule has 2 aromatic rings. The van der Waals surface area contributed by atoms with Crippen molar-refractivity contribution in [2.24, 2.45) is 7.05 Å². The number of hydrogen-bond donors (Lipinski definition) is 2. The number of rotatable bonds is 4. The van der Waals surface area contributed by atoms with E-state index in [0.717, 1.165) is 11.5 Å². The molecule has 0 aliphatic carbocycles. The summed E-state index contributed by atoms with van der Waals surface area (Å²) in [7, 11) is 1.92. The van der Waals surface area contributed by atoms with Gasteiger partial charge in [0, 0.05) is 50.0 Å². The van der Waals surface area contributed by atoms with Crippen molar-refractivity contribution in [3.05, 3.63) is 41.7 Å². The SMILES string of the molecule is Cc1cc(N)c(C(=O)NCCc2nccn2C)cn1. The predicted molar refractivity (Wildman–Crippen MR) is 72.6 cm³/mol. The van der Waals surface area contributed by atoms with Gasteiger partial charge in [-0.15, -0.1) is 0 Å². The minimum atomic E-state index is -0.209. The highest BCUT2D eigenvalue weighted by molar-refractivity contribution is 5.98. The highest BCUT2D eigenvalue weighted by atomic mass is 16.1. The van der Waals surface area contributed by atoms with Crippen LogP contribution in [0.2, 0.25) is 0 Å². The summed E-state index contributed by atoms with van der Waals surface area (Å²) in [4.78, 5) is 20.2. The van der Waals surface area contributed by atoms with Gasteiger partial charge in [0.25, 0.3) is 5.91 Å². The molecule has 3 N–H and O–H groups in total. The van der Waals surface area contributed by atoms with E-state index in [0.29, 0.717) is 24.2 Å². The lowest BCUT2D eigenvalue weighted by molar-refractivity contribution is 0.0954. The molecule has 100 valence electrons.